The van der Waals surface area contributed by atoms with Crippen molar-refractivity contribution in [2.75, 3.05) is 25.1 Å². The summed E-state index contributed by atoms with van der Waals surface area (Å²) >= 11 is 5.62. The molecule has 0 amide bonds. The third-order valence-corrected chi connectivity index (χ3v) is 2.52. The number of rotatable bonds is 3. The highest BCUT2D eigenvalue weighted by atomic mass is 35.5. The molecule has 1 unspecified atom stereocenters. The van der Waals surface area contributed by atoms with Crippen LogP contribution < -0.4 is 5.32 Å². The van der Waals surface area contributed by atoms with Gasteiger partial charge in [-0.15, -0.1) is 5.10 Å². The molecule has 5 nitrogen and oxygen atoms in total. The van der Waals surface area contributed by atoms with Gasteiger partial charge in [0.15, 0.2) is 0 Å². The van der Waals surface area contributed by atoms with Crippen molar-refractivity contribution in [2.45, 2.75) is 12.8 Å². The highest BCUT2D eigenvalue weighted by Crippen LogP contribution is 2.14. The van der Waals surface area contributed by atoms with Crippen LogP contribution in [0.5, 0.6) is 0 Å². The molecule has 0 aliphatic carbocycles. The van der Waals surface area contributed by atoms with Gasteiger partial charge in [-0.2, -0.15) is 10.1 Å². The summed E-state index contributed by atoms with van der Waals surface area (Å²) in [6, 6.07) is 0. The van der Waals surface area contributed by atoms with Gasteiger partial charge in [-0.3, -0.25) is 0 Å². The van der Waals surface area contributed by atoms with E-state index in [9.17, 15) is 0 Å². The lowest BCUT2D eigenvalue weighted by molar-refractivity contribution is 0.0595. The van der Waals surface area contributed by atoms with Crippen molar-refractivity contribution in [3.05, 3.63) is 11.5 Å². The van der Waals surface area contributed by atoms with Gasteiger partial charge in [0.05, 0.1) is 12.8 Å². The van der Waals surface area contributed by atoms with E-state index in [1.807, 2.05) is 0 Å². The third kappa shape index (κ3) is 3.28. The zero-order valence-electron chi connectivity index (χ0n) is 8.32. The molecule has 1 fully saturated rings. The maximum atomic E-state index is 5.62. The van der Waals surface area contributed by atoms with Crippen molar-refractivity contribution in [3.8, 4) is 0 Å². The average molecular weight is 229 g/mol. The SMILES string of the molecule is Clc1nncc(NCC2CCCOC2)n1. The molecule has 0 saturated carbocycles. The van der Waals surface area contributed by atoms with Crippen LogP contribution in [-0.2, 0) is 4.74 Å². The summed E-state index contributed by atoms with van der Waals surface area (Å²) in [6.45, 7) is 2.55. The Morgan fingerprint density at radius 3 is 3.27 bits per heavy atom. The molecule has 1 aliphatic heterocycles. The second-order valence-corrected chi connectivity index (χ2v) is 3.91. The molecule has 1 aromatic heterocycles. The summed E-state index contributed by atoms with van der Waals surface area (Å²) in [6.07, 6.45) is 3.89. The van der Waals surface area contributed by atoms with Gasteiger partial charge in [0.1, 0.15) is 5.82 Å². The van der Waals surface area contributed by atoms with Crippen molar-refractivity contribution < 1.29 is 4.74 Å². The van der Waals surface area contributed by atoms with Crippen molar-refractivity contribution >= 4 is 17.4 Å². The van der Waals surface area contributed by atoms with Gasteiger partial charge in [-0.05, 0) is 30.4 Å². The summed E-state index contributed by atoms with van der Waals surface area (Å²) in [5.74, 6) is 1.22. The number of hydrogen-bond donors (Lipinski definition) is 1. The van der Waals surface area contributed by atoms with Crippen molar-refractivity contribution in [2.24, 2.45) is 5.92 Å². The van der Waals surface area contributed by atoms with Crippen LogP contribution in [-0.4, -0.2) is 34.9 Å². The monoisotopic (exact) mass is 228 g/mol. The van der Waals surface area contributed by atoms with Crippen molar-refractivity contribution in [1.82, 2.24) is 15.2 Å². The Balaban J connectivity index is 1.81. The molecule has 6 heteroatoms. The fraction of sp³-hybridized carbons (Fsp3) is 0.667. The van der Waals surface area contributed by atoms with Crippen LogP contribution in [0.2, 0.25) is 5.28 Å². The normalized spacial score (nSPS) is 21.3. The van der Waals surface area contributed by atoms with Gasteiger partial charge in [-0.1, -0.05) is 0 Å². The van der Waals surface area contributed by atoms with Gasteiger partial charge in [0, 0.05) is 13.2 Å². The van der Waals surface area contributed by atoms with Crippen LogP contribution in [0.15, 0.2) is 6.20 Å². The zero-order valence-corrected chi connectivity index (χ0v) is 9.07. The van der Waals surface area contributed by atoms with Crippen LogP contribution >= 0.6 is 11.6 Å². The van der Waals surface area contributed by atoms with Gasteiger partial charge < -0.3 is 10.1 Å². The Morgan fingerprint density at radius 1 is 1.60 bits per heavy atom. The molecule has 2 heterocycles. The first-order valence-electron chi connectivity index (χ1n) is 5.01. The molecule has 2 rings (SSSR count). The number of nitrogens with zero attached hydrogens (tertiary/aromatic N) is 3. The van der Waals surface area contributed by atoms with Gasteiger partial charge in [0.25, 0.3) is 0 Å². The minimum Gasteiger partial charge on any atom is -0.381 e. The lowest BCUT2D eigenvalue weighted by Crippen LogP contribution is -2.24. The first-order chi connectivity index (χ1) is 7.34. The van der Waals surface area contributed by atoms with E-state index in [1.165, 1.54) is 6.42 Å². The number of aromatic nitrogens is 3. The Kier molecular flexibility index (Phi) is 3.69. The summed E-state index contributed by atoms with van der Waals surface area (Å²) in [5, 5.41) is 10.6. The van der Waals surface area contributed by atoms with Crippen LogP contribution in [0.25, 0.3) is 0 Å². The topological polar surface area (TPSA) is 59.9 Å². The van der Waals surface area contributed by atoms with Crippen LogP contribution in [0.3, 0.4) is 0 Å². The molecule has 1 aliphatic rings. The molecular weight excluding hydrogens is 216 g/mol. The van der Waals surface area contributed by atoms with E-state index < -0.39 is 0 Å². The fourth-order valence-electron chi connectivity index (χ4n) is 1.58. The number of nitrogens with one attached hydrogen (secondary N) is 1. The van der Waals surface area contributed by atoms with Crippen molar-refractivity contribution in [1.29, 1.82) is 0 Å². The van der Waals surface area contributed by atoms with E-state index in [-0.39, 0.29) is 5.28 Å². The molecule has 82 valence electrons. The first kappa shape index (κ1) is 10.6. The Labute approximate surface area is 93.2 Å². The summed E-state index contributed by atoms with van der Waals surface area (Å²) in [5.41, 5.74) is 0. The van der Waals surface area contributed by atoms with Gasteiger partial charge in [0.2, 0.25) is 5.28 Å². The second kappa shape index (κ2) is 5.23. The van der Waals surface area contributed by atoms with Gasteiger partial charge in [-0.25, -0.2) is 0 Å². The predicted octanol–water partition coefficient (Wildman–Crippen LogP) is 1.36. The smallest absolute Gasteiger partial charge is 0.244 e. The minimum absolute atomic E-state index is 0.167. The largest absolute Gasteiger partial charge is 0.381 e. The lowest BCUT2D eigenvalue weighted by atomic mass is 10.0. The van der Waals surface area contributed by atoms with Crippen LogP contribution in [0.4, 0.5) is 5.82 Å². The molecule has 1 N–H and O–H groups in total. The Bertz CT molecular complexity index is 317. The Hall–Kier alpha value is -0.940. The number of ether oxygens (including phenoxy) is 1. The van der Waals surface area contributed by atoms with E-state index >= 15 is 0 Å². The van der Waals surface area contributed by atoms with E-state index in [0.29, 0.717) is 11.7 Å². The predicted molar refractivity (Wildman–Crippen MR) is 56.9 cm³/mol. The summed E-state index contributed by atoms with van der Waals surface area (Å²) in [4.78, 5) is 4.00. The molecule has 0 aromatic carbocycles. The van der Waals surface area contributed by atoms with Crippen molar-refractivity contribution in [3.63, 3.8) is 0 Å². The molecule has 15 heavy (non-hydrogen) atoms. The molecule has 0 bridgehead atoms. The van der Waals surface area contributed by atoms with E-state index in [0.717, 1.165) is 26.2 Å². The number of hydrogen-bond acceptors (Lipinski definition) is 5. The fourth-order valence-corrected chi connectivity index (χ4v) is 1.72. The molecule has 1 saturated heterocycles. The standard InChI is InChI=1S/C9H13ClN4O/c10-9-13-8(5-12-14-9)11-4-7-2-1-3-15-6-7/h5,7H,1-4,6H2,(H,11,13,14). The average Bonchev–Trinajstić information content (AvgIpc) is 2.28. The molecule has 1 atom stereocenters. The highest BCUT2D eigenvalue weighted by molar-refractivity contribution is 6.28. The Morgan fingerprint density at radius 2 is 2.53 bits per heavy atom. The maximum absolute atomic E-state index is 5.62. The van der Waals surface area contributed by atoms with E-state index in [2.05, 4.69) is 20.5 Å². The summed E-state index contributed by atoms with van der Waals surface area (Å²) < 4.78 is 5.38. The van der Waals surface area contributed by atoms with Crippen LogP contribution in [0.1, 0.15) is 12.8 Å². The quantitative estimate of drug-likeness (QED) is 0.847. The number of anilines is 1. The van der Waals surface area contributed by atoms with E-state index in [4.69, 9.17) is 16.3 Å². The molecular formula is C9H13ClN4O. The third-order valence-electron chi connectivity index (χ3n) is 2.36. The zero-order chi connectivity index (χ0) is 10.5. The highest BCUT2D eigenvalue weighted by Gasteiger charge is 2.13. The minimum atomic E-state index is 0.167. The number of halogens is 1. The van der Waals surface area contributed by atoms with Gasteiger partial charge >= 0.3 is 0 Å². The maximum Gasteiger partial charge on any atom is 0.244 e. The second-order valence-electron chi connectivity index (χ2n) is 3.57. The van der Waals surface area contributed by atoms with Crippen LogP contribution in [0, 0.1) is 5.92 Å². The first-order valence-corrected chi connectivity index (χ1v) is 5.39. The molecule has 0 radical (unpaired) electrons. The molecule has 1 aromatic rings. The lowest BCUT2D eigenvalue weighted by Gasteiger charge is -2.22. The summed E-state index contributed by atoms with van der Waals surface area (Å²) in [7, 11) is 0. The van der Waals surface area contributed by atoms with E-state index in [1.54, 1.807) is 6.20 Å². The molecule has 0 spiro atoms.